The van der Waals surface area contributed by atoms with Gasteiger partial charge in [0.15, 0.2) is 0 Å². The van der Waals surface area contributed by atoms with E-state index < -0.39 is 0 Å². The zero-order chi connectivity index (χ0) is 14.5. The third kappa shape index (κ3) is 4.20. The van der Waals surface area contributed by atoms with Crippen LogP contribution in [0.25, 0.3) is 0 Å². The lowest BCUT2D eigenvalue weighted by atomic mass is 10.1. The molecule has 0 bridgehead atoms. The molecule has 2 aromatic carbocycles. The Balaban J connectivity index is 1.71. The van der Waals surface area contributed by atoms with Crippen molar-refractivity contribution in [3.8, 4) is 0 Å². The van der Waals surface area contributed by atoms with Crippen LogP contribution in [-0.4, -0.2) is 25.7 Å². The fourth-order valence-corrected chi connectivity index (χ4v) is 3.47. The average Bonchev–Trinajstić information content (AvgIpc) is 2.74. The summed E-state index contributed by atoms with van der Waals surface area (Å²) in [5.41, 5.74) is 2.77. The Bertz CT molecular complexity index is 570. The topological polar surface area (TPSA) is 15.3 Å². The summed E-state index contributed by atoms with van der Waals surface area (Å²) in [7, 11) is 0. The lowest BCUT2D eigenvalue weighted by molar-refractivity contribution is 0.540. The number of nitrogens with one attached hydrogen (secondary N) is 1. The summed E-state index contributed by atoms with van der Waals surface area (Å²) in [5.74, 6) is 0. The minimum atomic E-state index is 0.521. The van der Waals surface area contributed by atoms with Gasteiger partial charge in [0, 0.05) is 28.4 Å². The van der Waals surface area contributed by atoms with Gasteiger partial charge in [-0.05, 0) is 65.7 Å². The van der Waals surface area contributed by atoms with Gasteiger partial charge in [-0.2, -0.15) is 0 Å². The first-order valence-electron chi connectivity index (χ1n) is 7.59. The fourth-order valence-electron chi connectivity index (χ4n) is 2.94. The molecule has 3 heteroatoms. The van der Waals surface area contributed by atoms with Crippen molar-refractivity contribution in [3.05, 3.63) is 63.7 Å². The highest BCUT2D eigenvalue weighted by Gasteiger charge is 2.18. The predicted molar refractivity (Wildman–Crippen MR) is 97.9 cm³/mol. The van der Waals surface area contributed by atoms with Crippen LogP contribution in [0.2, 0.25) is 0 Å². The highest BCUT2D eigenvalue weighted by molar-refractivity contribution is 14.1. The summed E-state index contributed by atoms with van der Waals surface area (Å²) >= 11 is 2.39. The van der Waals surface area contributed by atoms with Crippen LogP contribution in [0, 0.1) is 3.57 Å². The van der Waals surface area contributed by atoms with Gasteiger partial charge in [-0.25, -0.2) is 0 Å². The lowest BCUT2D eigenvalue weighted by Gasteiger charge is -2.26. The van der Waals surface area contributed by atoms with Gasteiger partial charge in [0.2, 0.25) is 0 Å². The smallest absolute Gasteiger partial charge is 0.0377 e. The summed E-state index contributed by atoms with van der Waals surface area (Å²) in [4.78, 5) is 2.52. The van der Waals surface area contributed by atoms with E-state index >= 15 is 0 Å². The van der Waals surface area contributed by atoms with E-state index in [4.69, 9.17) is 0 Å². The Labute approximate surface area is 140 Å². The Hall–Kier alpha value is -1.07. The summed E-state index contributed by atoms with van der Waals surface area (Å²) < 4.78 is 1.31. The third-order valence-electron chi connectivity index (χ3n) is 3.98. The Morgan fingerprint density at radius 3 is 2.76 bits per heavy atom. The summed E-state index contributed by atoms with van der Waals surface area (Å²) in [6.45, 7) is 3.32. The number of rotatable bonds is 3. The average molecular weight is 392 g/mol. The molecule has 0 saturated carbocycles. The molecule has 3 rings (SSSR count). The van der Waals surface area contributed by atoms with E-state index in [1.54, 1.807) is 0 Å². The molecule has 0 spiro atoms. The van der Waals surface area contributed by atoms with E-state index in [1.807, 2.05) is 0 Å². The molecule has 2 aromatic rings. The van der Waals surface area contributed by atoms with Gasteiger partial charge in [-0.1, -0.05) is 36.4 Å². The quantitative estimate of drug-likeness (QED) is 0.802. The number of benzene rings is 2. The standard InChI is InChI=1S/C18H21IN2/c19-16-8-4-9-18(13-16)21-11-5-10-20-17(14-21)12-15-6-2-1-3-7-15/h1-4,6-9,13,17,20H,5,10-12,14H2. The molecule has 2 nitrogen and oxygen atoms in total. The van der Waals surface area contributed by atoms with Crippen LogP contribution in [0.15, 0.2) is 54.6 Å². The molecule has 21 heavy (non-hydrogen) atoms. The van der Waals surface area contributed by atoms with Crippen molar-refractivity contribution in [2.45, 2.75) is 18.9 Å². The maximum absolute atomic E-state index is 3.70. The van der Waals surface area contributed by atoms with E-state index in [0.717, 1.165) is 26.1 Å². The first kappa shape index (κ1) is 14.9. The maximum Gasteiger partial charge on any atom is 0.0377 e. The molecule has 1 aliphatic rings. The van der Waals surface area contributed by atoms with Crippen LogP contribution in [-0.2, 0) is 6.42 Å². The van der Waals surface area contributed by atoms with Crippen LogP contribution in [0.3, 0.4) is 0 Å². The molecule has 1 heterocycles. The minimum absolute atomic E-state index is 0.521. The second-order valence-electron chi connectivity index (χ2n) is 5.62. The van der Waals surface area contributed by atoms with Gasteiger partial charge < -0.3 is 10.2 Å². The van der Waals surface area contributed by atoms with Crippen molar-refractivity contribution in [1.29, 1.82) is 0 Å². The van der Waals surface area contributed by atoms with Gasteiger partial charge >= 0.3 is 0 Å². The highest BCUT2D eigenvalue weighted by Crippen LogP contribution is 2.20. The first-order chi connectivity index (χ1) is 10.3. The van der Waals surface area contributed by atoms with Gasteiger partial charge in [0.05, 0.1) is 0 Å². The zero-order valence-corrected chi connectivity index (χ0v) is 14.3. The first-order valence-corrected chi connectivity index (χ1v) is 8.67. The van der Waals surface area contributed by atoms with Gasteiger partial charge in [0.25, 0.3) is 0 Å². The highest BCUT2D eigenvalue weighted by atomic mass is 127. The van der Waals surface area contributed by atoms with E-state index in [-0.39, 0.29) is 0 Å². The van der Waals surface area contributed by atoms with Crippen molar-refractivity contribution in [1.82, 2.24) is 5.32 Å². The molecule has 110 valence electrons. The molecule has 1 fully saturated rings. The predicted octanol–water partition coefficient (Wildman–Crippen LogP) is 3.70. The third-order valence-corrected chi connectivity index (χ3v) is 4.65. The second kappa shape index (κ2) is 7.27. The van der Waals surface area contributed by atoms with Crippen LogP contribution >= 0.6 is 22.6 Å². The Morgan fingerprint density at radius 2 is 1.95 bits per heavy atom. The molecular weight excluding hydrogens is 371 g/mol. The maximum atomic E-state index is 3.70. The molecule has 0 amide bonds. The van der Waals surface area contributed by atoms with Crippen molar-refractivity contribution < 1.29 is 0 Å². The molecule has 1 unspecified atom stereocenters. The van der Waals surface area contributed by atoms with E-state index in [1.165, 1.54) is 21.2 Å². The van der Waals surface area contributed by atoms with Crippen molar-refractivity contribution in [2.24, 2.45) is 0 Å². The molecule has 0 aliphatic carbocycles. The number of anilines is 1. The number of halogens is 1. The fraction of sp³-hybridized carbons (Fsp3) is 0.333. The van der Waals surface area contributed by atoms with Crippen LogP contribution < -0.4 is 10.2 Å². The minimum Gasteiger partial charge on any atom is -0.370 e. The lowest BCUT2D eigenvalue weighted by Crippen LogP contribution is -2.39. The summed E-state index contributed by atoms with van der Waals surface area (Å²) in [6.07, 6.45) is 2.30. The normalized spacial score (nSPS) is 19.3. The van der Waals surface area contributed by atoms with E-state index in [9.17, 15) is 0 Å². The van der Waals surface area contributed by atoms with E-state index in [0.29, 0.717) is 6.04 Å². The van der Waals surface area contributed by atoms with Gasteiger partial charge in [-0.15, -0.1) is 0 Å². The van der Waals surface area contributed by atoms with Crippen LogP contribution in [0.4, 0.5) is 5.69 Å². The molecule has 1 saturated heterocycles. The number of nitrogens with zero attached hydrogens (tertiary/aromatic N) is 1. The molecule has 1 N–H and O–H groups in total. The van der Waals surface area contributed by atoms with Crippen molar-refractivity contribution >= 4 is 28.3 Å². The van der Waals surface area contributed by atoms with Crippen LogP contribution in [0.5, 0.6) is 0 Å². The SMILES string of the molecule is Ic1cccc(N2CCCNC(Cc3ccccc3)C2)c1. The van der Waals surface area contributed by atoms with Gasteiger partial charge in [-0.3, -0.25) is 0 Å². The molecule has 0 aromatic heterocycles. The second-order valence-corrected chi connectivity index (χ2v) is 6.87. The summed E-state index contributed by atoms with van der Waals surface area (Å²) in [5, 5.41) is 3.70. The molecule has 1 atom stereocenters. The van der Waals surface area contributed by atoms with Crippen molar-refractivity contribution in [2.75, 3.05) is 24.5 Å². The monoisotopic (exact) mass is 392 g/mol. The zero-order valence-electron chi connectivity index (χ0n) is 12.1. The molecular formula is C18H21IN2. The largest absolute Gasteiger partial charge is 0.370 e. The van der Waals surface area contributed by atoms with E-state index in [2.05, 4.69) is 87.4 Å². The summed E-state index contributed by atoms with van der Waals surface area (Å²) in [6, 6.07) is 20.1. The van der Waals surface area contributed by atoms with Crippen molar-refractivity contribution in [3.63, 3.8) is 0 Å². The Kier molecular flexibility index (Phi) is 5.14. The van der Waals surface area contributed by atoms with Crippen LogP contribution in [0.1, 0.15) is 12.0 Å². The van der Waals surface area contributed by atoms with Gasteiger partial charge in [0.1, 0.15) is 0 Å². The number of hydrogen-bond donors (Lipinski definition) is 1. The molecule has 0 radical (unpaired) electrons. The molecule has 1 aliphatic heterocycles. The number of hydrogen-bond acceptors (Lipinski definition) is 2. The Morgan fingerprint density at radius 1 is 1.10 bits per heavy atom.